The number of hydrogen-bond acceptors (Lipinski definition) is 2. The summed E-state index contributed by atoms with van der Waals surface area (Å²) in [5.74, 6) is -0.596. The number of rotatable bonds is 2. The van der Waals surface area contributed by atoms with E-state index in [1.165, 1.54) is 0 Å². The van der Waals surface area contributed by atoms with E-state index >= 15 is 0 Å². The Morgan fingerprint density at radius 3 is 2.93 bits per heavy atom. The number of furan rings is 1. The molecule has 2 heteroatoms. The van der Waals surface area contributed by atoms with E-state index in [1.807, 2.05) is 32.0 Å². The van der Waals surface area contributed by atoms with Crippen LogP contribution in [0.15, 0.2) is 41.3 Å². The van der Waals surface area contributed by atoms with E-state index in [0.717, 1.165) is 16.8 Å². The molecule has 0 radical (unpaired) electrons. The van der Waals surface area contributed by atoms with Crippen molar-refractivity contribution in [2.24, 2.45) is 0 Å². The topological polar surface area (TPSA) is 26.0 Å². The molecule has 2 heterocycles. The van der Waals surface area contributed by atoms with Gasteiger partial charge in [0.15, 0.2) is 0 Å². The summed E-state index contributed by atoms with van der Waals surface area (Å²) >= 11 is 0. The van der Waals surface area contributed by atoms with Gasteiger partial charge in [-0.2, -0.15) is 0 Å². The first kappa shape index (κ1) is 7.80. The predicted octanol–water partition coefficient (Wildman–Crippen LogP) is 3.47. The molecule has 0 N–H and O–H groups in total. The zero-order valence-corrected chi connectivity index (χ0v) is 8.32. The lowest BCUT2D eigenvalue weighted by atomic mass is 10.0. The molecule has 2 aromatic rings. The van der Waals surface area contributed by atoms with Gasteiger partial charge in [-0.25, -0.2) is 0 Å². The monoisotopic (exact) mass is 188 g/mol. The van der Waals surface area contributed by atoms with Crippen LogP contribution in [0.25, 0.3) is 11.3 Å². The average Bonchev–Trinajstić information content (AvgIpc) is 2.69. The van der Waals surface area contributed by atoms with E-state index in [2.05, 4.69) is 4.98 Å². The average molecular weight is 188 g/mol. The van der Waals surface area contributed by atoms with Gasteiger partial charge in [-0.05, 0) is 29.7 Å². The summed E-state index contributed by atoms with van der Waals surface area (Å²) in [5, 5.41) is 0. The SMILES string of the molecule is [2H]C(C)(C)c1ccnc(-c2ccoc2)c1. The maximum Gasteiger partial charge on any atom is 0.0996 e. The second-order valence-electron chi connectivity index (χ2n) is 3.44. The van der Waals surface area contributed by atoms with Crippen molar-refractivity contribution in [1.29, 1.82) is 0 Å². The van der Waals surface area contributed by atoms with Crippen LogP contribution in [0.4, 0.5) is 0 Å². The highest BCUT2D eigenvalue weighted by molar-refractivity contribution is 5.57. The van der Waals surface area contributed by atoms with Crippen LogP contribution >= 0.6 is 0 Å². The highest BCUT2D eigenvalue weighted by atomic mass is 16.3. The van der Waals surface area contributed by atoms with Crippen molar-refractivity contribution in [2.75, 3.05) is 0 Å². The molecule has 2 nitrogen and oxygen atoms in total. The number of hydrogen-bond donors (Lipinski definition) is 0. The zero-order valence-electron chi connectivity index (χ0n) is 9.32. The molecule has 0 fully saturated rings. The third-order valence-electron chi connectivity index (χ3n) is 2.15. The van der Waals surface area contributed by atoms with Crippen molar-refractivity contribution in [3.8, 4) is 11.3 Å². The van der Waals surface area contributed by atoms with Gasteiger partial charge in [0.2, 0.25) is 0 Å². The zero-order chi connectivity index (χ0) is 10.9. The van der Waals surface area contributed by atoms with Crippen molar-refractivity contribution in [1.82, 2.24) is 4.98 Å². The van der Waals surface area contributed by atoms with Crippen molar-refractivity contribution in [2.45, 2.75) is 19.7 Å². The largest absolute Gasteiger partial charge is 0.472 e. The van der Waals surface area contributed by atoms with Gasteiger partial charge in [-0.15, -0.1) is 0 Å². The minimum absolute atomic E-state index is 0.596. The van der Waals surface area contributed by atoms with Crippen molar-refractivity contribution >= 4 is 0 Å². The lowest BCUT2D eigenvalue weighted by Gasteiger charge is -2.05. The Morgan fingerprint density at radius 1 is 1.43 bits per heavy atom. The first-order chi connectivity index (χ1) is 7.07. The van der Waals surface area contributed by atoms with E-state index in [1.54, 1.807) is 18.7 Å². The molecule has 2 rings (SSSR count). The molecule has 0 aliphatic rings. The smallest absolute Gasteiger partial charge is 0.0996 e. The molecule has 0 atom stereocenters. The van der Waals surface area contributed by atoms with Gasteiger partial charge in [-0.3, -0.25) is 4.98 Å². The van der Waals surface area contributed by atoms with Crippen LogP contribution in [0.2, 0.25) is 0 Å². The Morgan fingerprint density at radius 2 is 2.29 bits per heavy atom. The molecule has 0 saturated carbocycles. The molecule has 0 spiro atoms. The van der Waals surface area contributed by atoms with Crippen LogP contribution in [0, 0.1) is 0 Å². The fourth-order valence-electron chi connectivity index (χ4n) is 1.31. The van der Waals surface area contributed by atoms with Gasteiger partial charge in [-0.1, -0.05) is 13.8 Å². The molecule has 0 aliphatic heterocycles. The van der Waals surface area contributed by atoms with E-state index in [-0.39, 0.29) is 0 Å². The third-order valence-corrected chi connectivity index (χ3v) is 2.15. The van der Waals surface area contributed by atoms with Gasteiger partial charge < -0.3 is 4.42 Å². The Labute approximate surface area is 85.0 Å². The molecule has 0 aliphatic carbocycles. The molecule has 0 bridgehead atoms. The summed E-state index contributed by atoms with van der Waals surface area (Å²) in [6.07, 6.45) is 5.01. The number of pyridine rings is 1. The number of nitrogens with zero attached hydrogens (tertiary/aromatic N) is 1. The second kappa shape index (κ2) is 3.66. The standard InChI is InChI=1S/C12H13NO/c1-9(2)10-3-5-13-12(7-10)11-4-6-14-8-11/h3-9H,1-2H3/i9D. The van der Waals surface area contributed by atoms with Crippen LogP contribution in [-0.4, -0.2) is 4.98 Å². The predicted molar refractivity (Wildman–Crippen MR) is 56.0 cm³/mol. The summed E-state index contributed by atoms with van der Waals surface area (Å²) in [4.78, 5) is 4.25. The Balaban J connectivity index is 2.44. The molecule has 0 amide bonds. The van der Waals surface area contributed by atoms with Gasteiger partial charge in [0, 0.05) is 13.1 Å². The Bertz CT molecular complexity index is 443. The van der Waals surface area contributed by atoms with Crippen molar-refractivity contribution in [3.63, 3.8) is 0 Å². The van der Waals surface area contributed by atoms with Crippen LogP contribution < -0.4 is 0 Å². The number of aromatic nitrogens is 1. The summed E-state index contributed by atoms with van der Waals surface area (Å²) in [6, 6.07) is 5.66. The van der Waals surface area contributed by atoms with E-state index in [9.17, 15) is 0 Å². The van der Waals surface area contributed by atoms with Gasteiger partial charge in [0.1, 0.15) is 0 Å². The van der Waals surface area contributed by atoms with Crippen molar-refractivity contribution in [3.05, 3.63) is 42.5 Å². The fraction of sp³-hybridized carbons (Fsp3) is 0.250. The summed E-state index contributed by atoms with van der Waals surface area (Å²) in [5.41, 5.74) is 2.75. The molecule has 72 valence electrons. The quantitative estimate of drug-likeness (QED) is 0.721. The molecule has 2 aromatic heterocycles. The third kappa shape index (κ3) is 1.69. The Hall–Kier alpha value is -1.57. The maximum absolute atomic E-state index is 7.94. The van der Waals surface area contributed by atoms with Crippen LogP contribution in [0.3, 0.4) is 0 Å². The highest BCUT2D eigenvalue weighted by Gasteiger charge is 2.03. The lowest BCUT2D eigenvalue weighted by molar-refractivity contribution is 0.568. The molecular weight excluding hydrogens is 174 g/mol. The highest BCUT2D eigenvalue weighted by Crippen LogP contribution is 2.21. The summed E-state index contributed by atoms with van der Waals surface area (Å²) in [6.45, 7) is 3.73. The van der Waals surface area contributed by atoms with Gasteiger partial charge in [0.05, 0.1) is 18.2 Å². The summed E-state index contributed by atoms with van der Waals surface area (Å²) in [7, 11) is 0. The molecular formula is C12H13NO. The van der Waals surface area contributed by atoms with Crippen molar-refractivity contribution < 1.29 is 5.79 Å². The van der Waals surface area contributed by atoms with Gasteiger partial charge >= 0.3 is 0 Å². The molecule has 14 heavy (non-hydrogen) atoms. The minimum atomic E-state index is -0.596. The molecule has 0 aromatic carbocycles. The van der Waals surface area contributed by atoms with E-state index < -0.39 is 5.89 Å². The second-order valence-corrected chi connectivity index (χ2v) is 3.44. The first-order valence-corrected chi connectivity index (χ1v) is 4.56. The lowest BCUT2D eigenvalue weighted by Crippen LogP contribution is -1.89. The minimum Gasteiger partial charge on any atom is -0.472 e. The summed E-state index contributed by atoms with van der Waals surface area (Å²) < 4.78 is 13.0. The van der Waals surface area contributed by atoms with Crippen LogP contribution in [-0.2, 0) is 0 Å². The normalized spacial score (nSPS) is 12.6. The molecule has 0 saturated heterocycles. The van der Waals surface area contributed by atoms with Gasteiger partial charge in [0.25, 0.3) is 0 Å². The van der Waals surface area contributed by atoms with E-state index in [0.29, 0.717) is 0 Å². The van der Waals surface area contributed by atoms with E-state index in [4.69, 9.17) is 5.79 Å². The first-order valence-electron chi connectivity index (χ1n) is 5.06. The molecule has 0 unspecified atom stereocenters. The maximum atomic E-state index is 7.94. The van der Waals surface area contributed by atoms with Crippen LogP contribution in [0.5, 0.6) is 0 Å². The fourth-order valence-corrected chi connectivity index (χ4v) is 1.31. The van der Waals surface area contributed by atoms with Crippen LogP contribution in [0.1, 0.15) is 26.7 Å². The Kier molecular flexibility index (Phi) is 2.04.